The summed E-state index contributed by atoms with van der Waals surface area (Å²) >= 11 is 0. The predicted octanol–water partition coefficient (Wildman–Crippen LogP) is 1.96. The highest BCUT2D eigenvalue weighted by atomic mass is 15.6. The van der Waals surface area contributed by atoms with Crippen LogP contribution in [0, 0.1) is 5.92 Å². The molecular formula is C10H21N3. The van der Waals surface area contributed by atoms with Crippen molar-refractivity contribution < 1.29 is 0 Å². The van der Waals surface area contributed by atoms with Gasteiger partial charge < -0.3 is 4.90 Å². The van der Waals surface area contributed by atoms with E-state index < -0.39 is 0 Å². The molecule has 0 saturated heterocycles. The Morgan fingerprint density at radius 1 is 1.38 bits per heavy atom. The Morgan fingerprint density at radius 2 is 2.08 bits per heavy atom. The molecule has 0 N–H and O–H groups in total. The summed E-state index contributed by atoms with van der Waals surface area (Å²) in [6, 6.07) is 0. The largest absolute Gasteiger partial charge is 0.339 e. The Kier molecular flexibility index (Phi) is 3.58. The molecule has 0 aromatic carbocycles. The third-order valence-corrected chi connectivity index (χ3v) is 2.40. The summed E-state index contributed by atoms with van der Waals surface area (Å²) in [5.74, 6) is 0.633. The van der Waals surface area contributed by atoms with Crippen LogP contribution in [-0.2, 0) is 0 Å². The van der Waals surface area contributed by atoms with Gasteiger partial charge in [0.25, 0.3) is 0 Å². The molecular weight excluding hydrogens is 162 g/mol. The zero-order valence-corrected chi connectivity index (χ0v) is 9.20. The van der Waals surface area contributed by atoms with E-state index in [4.69, 9.17) is 0 Å². The summed E-state index contributed by atoms with van der Waals surface area (Å²) < 4.78 is 0. The van der Waals surface area contributed by atoms with Crippen molar-refractivity contribution in [3.8, 4) is 0 Å². The Hall–Kier alpha value is -0.730. The maximum Gasteiger partial charge on any atom is 0.121 e. The Labute approximate surface area is 81.4 Å². The van der Waals surface area contributed by atoms with Crippen molar-refractivity contribution in [3.05, 3.63) is 0 Å². The van der Waals surface area contributed by atoms with Gasteiger partial charge in [-0.05, 0) is 19.3 Å². The highest BCUT2D eigenvalue weighted by Crippen LogP contribution is 2.19. The maximum absolute atomic E-state index is 4.39. The van der Waals surface area contributed by atoms with Crippen molar-refractivity contribution >= 4 is 6.34 Å². The van der Waals surface area contributed by atoms with Gasteiger partial charge in [0.1, 0.15) is 12.5 Å². The molecule has 13 heavy (non-hydrogen) atoms. The molecule has 0 aromatic heterocycles. The van der Waals surface area contributed by atoms with E-state index in [1.165, 1.54) is 6.42 Å². The second-order valence-corrected chi connectivity index (χ2v) is 3.88. The SMILES string of the molecule is CCCN1C=NN(CC)C1C(C)C. The molecule has 0 fully saturated rings. The number of hydrogen-bond donors (Lipinski definition) is 0. The van der Waals surface area contributed by atoms with E-state index in [-0.39, 0.29) is 0 Å². The molecule has 0 amide bonds. The van der Waals surface area contributed by atoms with Gasteiger partial charge in [-0.1, -0.05) is 20.8 Å². The molecule has 1 aliphatic rings. The number of rotatable bonds is 4. The summed E-state index contributed by atoms with van der Waals surface area (Å²) in [5.41, 5.74) is 0. The number of hydrazone groups is 1. The fourth-order valence-electron chi connectivity index (χ4n) is 1.88. The van der Waals surface area contributed by atoms with Gasteiger partial charge in [-0.3, -0.25) is 5.01 Å². The maximum atomic E-state index is 4.39. The van der Waals surface area contributed by atoms with E-state index in [1.807, 2.05) is 6.34 Å². The number of hydrogen-bond acceptors (Lipinski definition) is 3. The zero-order valence-electron chi connectivity index (χ0n) is 9.20. The summed E-state index contributed by atoms with van der Waals surface area (Å²) in [5, 5.41) is 6.56. The van der Waals surface area contributed by atoms with Crippen molar-refractivity contribution in [1.82, 2.24) is 9.91 Å². The average Bonchev–Trinajstić information content (AvgIpc) is 2.48. The van der Waals surface area contributed by atoms with E-state index >= 15 is 0 Å². The minimum atomic E-state index is 0.477. The topological polar surface area (TPSA) is 18.8 Å². The van der Waals surface area contributed by atoms with Gasteiger partial charge in [0, 0.05) is 13.1 Å². The smallest absolute Gasteiger partial charge is 0.121 e. The van der Waals surface area contributed by atoms with Gasteiger partial charge in [0.15, 0.2) is 0 Å². The molecule has 1 atom stereocenters. The second-order valence-electron chi connectivity index (χ2n) is 3.88. The van der Waals surface area contributed by atoms with Crippen molar-refractivity contribution in [2.24, 2.45) is 11.0 Å². The molecule has 0 aromatic rings. The molecule has 1 unspecified atom stereocenters. The molecule has 3 nitrogen and oxygen atoms in total. The van der Waals surface area contributed by atoms with E-state index in [2.05, 4.69) is 42.7 Å². The molecule has 1 rings (SSSR count). The van der Waals surface area contributed by atoms with Gasteiger partial charge in [-0.15, -0.1) is 0 Å². The van der Waals surface area contributed by atoms with Crippen LogP contribution in [0.25, 0.3) is 0 Å². The Balaban J connectivity index is 2.61. The first-order valence-electron chi connectivity index (χ1n) is 5.27. The first-order chi connectivity index (χ1) is 6.20. The van der Waals surface area contributed by atoms with Crippen LogP contribution in [0.3, 0.4) is 0 Å². The molecule has 1 heterocycles. The Bertz CT molecular complexity index is 177. The first kappa shape index (κ1) is 10.4. The lowest BCUT2D eigenvalue weighted by atomic mass is 10.1. The fraction of sp³-hybridized carbons (Fsp3) is 0.900. The van der Waals surface area contributed by atoms with Crippen LogP contribution in [0.5, 0.6) is 0 Å². The molecule has 0 spiro atoms. The van der Waals surface area contributed by atoms with E-state index in [0.717, 1.165) is 13.1 Å². The van der Waals surface area contributed by atoms with Crippen LogP contribution >= 0.6 is 0 Å². The van der Waals surface area contributed by atoms with E-state index in [0.29, 0.717) is 12.1 Å². The van der Waals surface area contributed by atoms with Crippen molar-refractivity contribution in [1.29, 1.82) is 0 Å². The van der Waals surface area contributed by atoms with Crippen LogP contribution in [0.2, 0.25) is 0 Å². The van der Waals surface area contributed by atoms with Crippen LogP contribution in [0.4, 0.5) is 0 Å². The second kappa shape index (κ2) is 4.49. The quantitative estimate of drug-likeness (QED) is 0.663. The molecule has 0 aliphatic carbocycles. The third kappa shape index (κ3) is 2.14. The van der Waals surface area contributed by atoms with Crippen LogP contribution in [-0.4, -0.2) is 35.5 Å². The highest BCUT2D eigenvalue weighted by molar-refractivity contribution is 5.57. The summed E-state index contributed by atoms with van der Waals surface area (Å²) in [7, 11) is 0. The van der Waals surface area contributed by atoms with Crippen molar-refractivity contribution in [2.45, 2.75) is 40.3 Å². The average molecular weight is 183 g/mol. The van der Waals surface area contributed by atoms with Crippen LogP contribution in [0.1, 0.15) is 34.1 Å². The minimum absolute atomic E-state index is 0.477. The molecule has 1 aliphatic heterocycles. The molecule has 0 saturated carbocycles. The molecule has 0 bridgehead atoms. The first-order valence-corrected chi connectivity index (χ1v) is 5.27. The molecule has 3 heteroatoms. The standard InChI is InChI=1S/C10H21N3/c1-5-7-12-8-11-13(6-2)10(12)9(3)4/h8-10H,5-7H2,1-4H3. The van der Waals surface area contributed by atoms with Crippen molar-refractivity contribution in [2.75, 3.05) is 13.1 Å². The third-order valence-electron chi connectivity index (χ3n) is 2.40. The summed E-state index contributed by atoms with van der Waals surface area (Å²) in [4.78, 5) is 2.34. The van der Waals surface area contributed by atoms with E-state index in [9.17, 15) is 0 Å². The van der Waals surface area contributed by atoms with Crippen LogP contribution in [0.15, 0.2) is 5.10 Å². The van der Waals surface area contributed by atoms with E-state index in [1.54, 1.807) is 0 Å². The van der Waals surface area contributed by atoms with Gasteiger partial charge >= 0.3 is 0 Å². The number of nitrogens with zero attached hydrogens (tertiary/aromatic N) is 3. The monoisotopic (exact) mass is 183 g/mol. The van der Waals surface area contributed by atoms with Gasteiger partial charge in [0.2, 0.25) is 0 Å². The lowest BCUT2D eigenvalue weighted by Gasteiger charge is -2.32. The van der Waals surface area contributed by atoms with Crippen molar-refractivity contribution in [3.63, 3.8) is 0 Å². The van der Waals surface area contributed by atoms with Gasteiger partial charge in [-0.25, -0.2) is 0 Å². The lowest BCUT2D eigenvalue weighted by molar-refractivity contribution is 0.0944. The van der Waals surface area contributed by atoms with Gasteiger partial charge in [-0.2, -0.15) is 5.10 Å². The summed E-state index contributed by atoms with van der Waals surface area (Å²) in [6.45, 7) is 11.0. The molecule has 0 radical (unpaired) electrons. The normalized spacial score (nSPS) is 22.1. The van der Waals surface area contributed by atoms with Crippen LogP contribution < -0.4 is 0 Å². The Morgan fingerprint density at radius 3 is 2.54 bits per heavy atom. The molecule has 76 valence electrons. The summed E-state index contributed by atoms with van der Waals surface area (Å²) in [6.07, 6.45) is 3.65. The predicted molar refractivity (Wildman–Crippen MR) is 56.5 cm³/mol. The zero-order chi connectivity index (χ0) is 9.84. The lowest BCUT2D eigenvalue weighted by Crippen LogP contribution is -2.43. The van der Waals surface area contributed by atoms with Gasteiger partial charge in [0.05, 0.1) is 0 Å². The fourth-order valence-corrected chi connectivity index (χ4v) is 1.88. The minimum Gasteiger partial charge on any atom is -0.339 e. The highest BCUT2D eigenvalue weighted by Gasteiger charge is 2.28.